The molecule has 1 aromatic rings. The van der Waals surface area contributed by atoms with E-state index >= 15 is 0 Å². The van der Waals surface area contributed by atoms with Gasteiger partial charge in [0, 0.05) is 13.2 Å². The van der Waals surface area contributed by atoms with E-state index in [1.165, 1.54) is 0 Å². The van der Waals surface area contributed by atoms with Crippen LogP contribution >= 0.6 is 0 Å². The zero-order valence-electron chi connectivity index (χ0n) is 10.1. The molecule has 0 saturated heterocycles. The number of aromatic amines is 1. The van der Waals surface area contributed by atoms with Crippen molar-refractivity contribution >= 4 is 5.97 Å². The van der Waals surface area contributed by atoms with Gasteiger partial charge in [0.05, 0.1) is 18.4 Å². The highest BCUT2D eigenvalue weighted by Crippen LogP contribution is 2.15. The van der Waals surface area contributed by atoms with Gasteiger partial charge in [-0.05, 0) is 26.3 Å². The number of rotatable bonds is 7. The van der Waals surface area contributed by atoms with Gasteiger partial charge >= 0.3 is 5.97 Å². The number of hydrogen-bond acceptors (Lipinski definition) is 5. The molecule has 1 unspecified atom stereocenters. The van der Waals surface area contributed by atoms with Gasteiger partial charge in [-0.2, -0.15) is 5.10 Å². The number of carbonyl (C=O) groups excluding carboxylic acids is 1. The lowest BCUT2D eigenvalue weighted by Gasteiger charge is -2.09. The Balaban J connectivity index is 2.51. The zero-order valence-corrected chi connectivity index (χ0v) is 10.1. The van der Waals surface area contributed by atoms with Gasteiger partial charge in [0.1, 0.15) is 0 Å². The van der Waals surface area contributed by atoms with E-state index in [1.807, 2.05) is 6.92 Å². The van der Waals surface area contributed by atoms with Crippen LogP contribution in [0.2, 0.25) is 0 Å². The molecule has 0 bridgehead atoms. The molecule has 0 aliphatic rings. The van der Waals surface area contributed by atoms with Crippen LogP contribution < -0.4 is 0 Å². The van der Waals surface area contributed by atoms with Gasteiger partial charge in [-0.25, -0.2) is 4.79 Å². The Kier molecular flexibility index (Phi) is 5.65. The van der Waals surface area contributed by atoms with Crippen molar-refractivity contribution in [3.8, 4) is 0 Å². The van der Waals surface area contributed by atoms with Crippen molar-refractivity contribution in [3.05, 3.63) is 17.5 Å². The molecule has 0 amide bonds. The second-order valence-electron chi connectivity index (χ2n) is 3.52. The first-order valence-corrected chi connectivity index (χ1v) is 5.64. The Morgan fingerprint density at radius 2 is 2.41 bits per heavy atom. The molecule has 6 heteroatoms. The van der Waals surface area contributed by atoms with Crippen LogP contribution in [0.3, 0.4) is 0 Å². The molecule has 1 aromatic heterocycles. The molecule has 0 spiro atoms. The third-order valence-corrected chi connectivity index (χ3v) is 2.19. The number of aliphatic hydroxyl groups is 1. The Morgan fingerprint density at radius 3 is 3.06 bits per heavy atom. The second-order valence-corrected chi connectivity index (χ2v) is 3.52. The Bertz CT molecular complexity index is 351. The van der Waals surface area contributed by atoms with Crippen LogP contribution in [0.4, 0.5) is 0 Å². The van der Waals surface area contributed by atoms with Crippen LogP contribution in [-0.4, -0.2) is 41.1 Å². The highest BCUT2D eigenvalue weighted by molar-refractivity contribution is 5.87. The smallest absolute Gasteiger partial charge is 0.358 e. The molecule has 1 rings (SSSR count). The van der Waals surface area contributed by atoms with Crippen LogP contribution in [0.5, 0.6) is 0 Å². The van der Waals surface area contributed by atoms with Crippen molar-refractivity contribution in [2.75, 3.05) is 19.8 Å². The number of ether oxygens (including phenoxy) is 2. The summed E-state index contributed by atoms with van der Waals surface area (Å²) in [5, 5.41) is 15.2. The lowest BCUT2D eigenvalue weighted by atomic mass is 10.2. The summed E-state index contributed by atoms with van der Waals surface area (Å²) in [6, 6.07) is 1.61. The number of esters is 1. The van der Waals surface area contributed by atoms with E-state index in [1.54, 1.807) is 13.0 Å². The van der Waals surface area contributed by atoms with Crippen molar-refractivity contribution in [1.82, 2.24) is 10.2 Å². The molecule has 1 atom stereocenters. The van der Waals surface area contributed by atoms with Crippen LogP contribution in [0.25, 0.3) is 0 Å². The van der Waals surface area contributed by atoms with Gasteiger partial charge in [-0.15, -0.1) is 0 Å². The first-order chi connectivity index (χ1) is 8.19. The average Bonchev–Trinajstić information content (AvgIpc) is 2.79. The van der Waals surface area contributed by atoms with Crippen molar-refractivity contribution in [2.45, 2.75) is 26.4 Å². The summed E-state index contributed by atoms with van der Waals surface area (Å²) in [6.07, 6.45) is 0.390. The van der Waals surface area contributed by atoms with Crippen molar-refractivity contribution in [3.63, 3.8) is 0 Å². The maximum absolute atomic E-state index is 11.4. The fourth-order valence-corrected chi connectivity index (χ4v) is 1.27. The lowest BCUT2D eigenvalue weighted by molar-refractivity contribution is 0.0518. The molecule has 1 heterocycles. The maximum Gasteiger partial charge on any atom is 0.358 e. The van der Waals surface area contributed by atoms with Crippen molar-refractivity contribution < 1.29 is 19.4 Å². The van der Waals surface area contributed by atoms with E-state index in [-0.39, 0.29) is 18.4 Å². The molecular formula is C11H18N2O4. The lowest BCUT2D eigenvalue weighted by Crippen LogP contribution is -2.05. The molecule has 17 heavy (non-hydrogen) atoms. The summed E-state index contributed by atoms with van der Waals surface area (Å²) in [7, 11) is 0. The minimum atomic E-state index is -0.447. The third-order valence-electron chi connectivity index (χ3n) is 2.19. The first kappa shape index (κ1) is 13.7. The van der Waals surface area contributed by atoms with Crippen LogP contribution in [0.15, 0.2) is 6.07 Å². The summed E-state index contributed by atoms with van der Waals surface area (Å²) < 4.78 is 10.3. The minimum Gasteiger partial charge on any atom is -0.461 e. The fourth-order valence-electron chi connectivity index (χ4n) is 1.27. The van der Waals surface area contributed by atoms with E-state index in [4.69, 9.17) is 14.6 Å². The van der Waals surface area contributed by atoms with E-state index in [0.29, 0.717) is 25.3 Å². The van der Waals surface area contributed by atoms with Crippen molar-refractivity contribution in [1.29, 1.82) is 0 Å². The number of aliphatic hydroxyl groups excluding tert-OH is 1. The van der Waals surface area contributed by atoms with E-state index in [2.05, 4.69) is 10.2 Å². The number of H-pyrrole nitrogens is 1. The Labute approximate surface area is 99.9 Å². The number of nitrogens with one attached hydrogen (secondary N) is 1. The highest BCUT2D eigenvalue weighted by Gasteiger charge is 2.14. The van der Waals surface area contributed by atoms with Gasteiger partial charge in [0.15, 0.2) is 5.69 Å². The summed E-state index contributed by atoms with van der Waals surface area (Å²) in [6.45, 7) is 4.48. The standard InChI is InChI=1S/C11H18N2O4/c1-3-16-11(15)10-7-9(12-13-10)8(2)17-6-4-5-14/h7-8,14H,3-6H2,1-2H3,(H,12,13). The number of carbonyl (C=O) groups is 1. The fraction of sp³-hybridized carbons (Fsp3) is 0.636. The van der Waals surface area contributed by atoms with Gasteiger partial charge in [0.2, 0.25) is 0 Å². The van der Waals surface area contributed by atoms with Crippen LogP contribution in [-0.2, 0) is 9.47 Å². The second kappa shape index (κ2) is 7.03. The van der Waals surface area contributed by atoms with Crippen molar-refractivity contribution in [2.24, 2.45) is 0 Å². The monoisotopic (exact) mass is 242 g/mol. The van der Waals surface area contributed by atoms with Gasteiger partial charge < -0.3 is 14.6 Å². The number of aromatic nitrogens is 2. The molecular weight excluding hydrogens is 224 g/mol. The highest BCUT2D eigenvalue weighted by atomic mass is 16.5. The maximum atomic E-state index is 11.4. The predicted octanol–water partition coefficient (Wildman–Crippen LogP) is 1.05. The molecule has 2 N–H and O–H groups in total. The van der Waals surface area contributed by atoms with E-state index in [0.717, 1.165) is 0 Å². The molecule has 6 nitrogen and oxygen atoms in total. The zero-order chi connectivity index (χ0) is 12.7. The normalized spacial score (nSPS) is 12.4. The molecule has 96 valence electrons. The predicted molar refractivity (Wildman–Crippen MR) is 60.6 cm³/mol. The van der Waals surface area contributed by atoms with Crippen LogP contribution in [0, 0.1) is 0 Å². The molecule has 0 aromatic carbocycles. The molecule has 0 radical (unpaired) electrons. The number of hydrogen-bond donors (Lipinski definition) is 2. The first-order valence-electron chi connectivity index (χ1n) is 5.64. The third kappa shape index (κ3) is 4.16. The quantitative estimate of drug-likeness (QED) is 0.551. The molecule has 0 aliphatic carbocycles. The molecule has 0 fully saturated rings. The van der Waals surface area contributed by atoms with Crippen LogP contribution in [0.1, 0.15) is 42.6 Å². The van der Waals surface area contributed by atoms with E-state index < -0.39 is 5.97 Å². The summed E-state index contributed by atoms with van der Waals surface area (Å²) in [5.41, 5.74) is 0.963. The topological polar surface area (TPSA) is 84.4 Å². The number of nitrogens with zero attached hydrogens (tertiary/aromatic N) is 1. The van der Waals surface area contributed by atoms with Gasteiger partial charge in [-0.3, -0.25) is 5.10 Å². The largest absolute Gasteiger partial charge is 0.461 e. The van der Waals surface area contributed by atoms with E-state index in [9.17, 15) is 4.79 Å². The summed E-state index contributed by atoms with van der Waals surface area (Å²) in [5.74, 6) is -0.447. The SMILES string of the molecule is CCOC(=O)c1cc(C(C)OCCCO)[nH]n1. The summed E-state index contributed by atoms with van der Waals surface area (Å²) >= 11 is 0. The Hall–Kier alpha value is -1.40. The average molecular weight is 242 g/mol. The summed E-state index contributed by atoms with van der Waals surface area (Å²) in [4.78, 5) is 11.4. The molecule has 0 aliphatic heterocycles. The van der Waals surface area contributed by atoms with Gasteiger partial charge in [-0.1, -0.05) is 0 Å². The van der Waals surface area contributed by atoms with Gasteiger partial charge in [0.25, 0.3) is 0 Å². The minimum absolute atomic E-state index is 0.101. The molecule has 0 saturated carbocycles. The Morgan fingerprint density at radius 1 is 1.65 bits per heavy atom.